The summed E-state index contributed by atoms with van der Waals surface area (Å²) in [5.41, 5.74) is 2.05. The molecule has 2 nitrogen and oxygen atoms in total. The summed E-state index contributed by atoms with van der Waals surface area (Å²) < 4.78 is 2.10. The average molecular weight is 283 g/mol. The van der Waals surface area contributed by atoms with E-state index in [9.17, 15) is 0 Å². The van der Waals surface area contributed by atoms with Crippen LogP contribution in [-0.2, 0) is 0 Å². The van der Waals surface area contributed by atoms with Crippen LogP contribution in [0.15, 0.2) is 30.9 Å². The largest absolute Gasteiger partial charge is 0.330 e. The van der Waals surface area contributed by atoms with Crippen molar-refractivity contribution < 1.29 is 0 Å². The Bertz CT molecular complexity index is 521. The van der Waals surface area contributed by atoms with E-state index in [0.29, 0.717) is 5.02 Å². The molecule has 2 aromatic rings. The van der Waals surface area contributed by atoms with Crippen molar-refractivity contribution in [2.24, 2.45) is 0 Å². The SMILES string of the molecule is CCCC(c1ccc(Cl)c(C)c1Cl)n1ccnc1. The highest BCUT2D eigenvalue weighted by molar-refractivity contribution is 6.36. The number of imidazole rings is 1. The molecule has 1 unspecified atom stereocenters. The standard InChI is InChI=1S/C14H16Cl2N2/c1-3-4-13(18-8-7-17-9-18)11-5-6-12(15)10(2)14(11)16/h5-9,13H,3-4H2,1-2H3. The van der Waals surface area contributed by atoms with E-state index in [0.717, 1.165) is 29.0 Å². The second-order valence-corrected chi connectivity index (χ2v) is 5.18. The lowest BCUT2D eigenvalue weighted by Gasteiger charge is -2.21. The summed E-state index contributed by atoms with van der Waals surface area (Å²) in [7, 11) is 0. The van der Waals surface area contributed by atoms with Crippen LogP contribution in [0.2, 0.25) is 10.0 Å². The summed E-state index contributed by atoms with van der Waals surface area (Å²) in [5.74, 6) is 0. The molecule has 0 radical (unpaired) electrons. The van der Waals surface area contributed by atoms with Crippen LogP contribution in [0.5, 0.6) is 0 Å². The Morgan fingerprint density at radius 1 is 1.33 bits per heavy atom. The Morgan fingerprint density at radius 3 is 2.72 bits per heavy atom. The molecule has 0 fully saturated rings. The van der Waals surface area contributed by atoms with Crippen LogP contribution < -0.4 is 0 Å². The third-order valence-electron chi connectivity index (χ3n) is 3.16. The fourth-order valence-electron chi connectivity index (χ4n) is 2.13. The molecular formula is C14H16Cl2N2. The van der Waals surface area contributed by atoms with Gasteiger partial charge in [0.15, 0.2) is 0 Å². The highest BCUT2D eigenvalue weighted by atomic mass is 35.5. The first kappa shape index (κ1) is 13.4. The summed E-state index contributed by atoms with van der Waals surface area (Å²) >= 11 is 12.5. The van der Waals surface area contributed by atoms with E-state index < -0.39 is 0 Å². The van der Waals surface area contributed by atoms with E-state index in [1.165, 1.54) is 0 Å². The molecular weight excluding hydrogens is 267 g/mol. The Hall–Kier alpha value is -0.990. The Balaban J connectivity index is 2.47. The molecule has 0 spiro atoms. The van der Waals surface area contributed by atoms with Crippen LogP contribution in [0.25, 0.3) is 0 Å². The molecule has 0 aliphatic rings. The Morgan fingerprint density at radius 2 is 2.11 bits per heavy atom. The van der Waals surface area contributed by atoms with Crippen molar-refractivity contribution in [3.8, 4) is 0 Å². The summed E-state index contributed by atoms with van der Waals surface area (Å²) in [6.45, 7) is 4.12. The van der Waals surface area contributed by atoms with Crippen LogP contribution in [0, 0.1) is 6.92 Å². The van der Waals surface area contributed by atoms with Gasteiger partial charge in [-0.05, 0) is 30.5 Å². The molecule has 1 heterocycles. The molecule has 0 saturated heterocycles. The predicted molar refractivity (Wildman–Crippen MR) is 76.5 cm³/mol. The zero-order chi connectivity index (χ0) is 13.1. The number of aromatic nitrogens is 2. The minimum atomic E-state index is 0.223. The fraction of sp³-hybridized carbons (Fsp3) is 0.357. The third-order valence-corrected chi connectivity index (χ3v) is 4.07. The smallest absolute Gasteiger partial charge is 0.0951 e. The van der Waals surface area contributed by atoms with Crippen LogP contribution in [0.1, 0.15) is 36.9 Å². The molecule has 2 rings (SSSR count). The lowest BCUT2D eigenvalue weighted by Crippen LogP contribution is -2.09. The molecule has 0 bridgehead atoms. The second kappa shape index (κ2) is 5.77. The summed E-state index contributed by atoms with van der Waals surface area (Å²) in [5, 5.41) is 1.47. The maximum atomic E-state index is 6.43. The van der Waals surface area contributed by atoms with Gasteiger partial charge >= 0.3 is 0 Å². The number of nitrogens with zero attached hydrogens (tertiary/aromatic N) is 2. The van der Waals surface area contributed by atoms with Gasteiger partial charge in [0.1, 0.15) is 0 Å². The zero-order valence-corrected chi connectivity index (χ0v) is 12.0. The monoisotopic (exact) mass is 282 g/mol. The van der Waals surface area contributed by atoms with Crippen molar-refractivity contribution >= 4 is 23.2 Å². The minimum Gasteiger partial charge on any atom is -0.330 e. The highest BCUT2D eigenvalue weighted by Crippen LogP contribution is 2.34. The van der Waals surface area contributed by atoms with Crippen molar-refractivity contribution in [2.75, 3.05) is 0 Å². The second-order valence-electron chi connectivity index (χ2n) is 4.39. The summed E-state index contributed by atoms with van der Waals surface area (Å²) in [4.78, 5) is 4.11. The van der Waals surface area contributed by atoms with Crippen LogP contribution >= 0.6 is 23.2 Å². The fourth-order valence-corrected chi connectivity index (χ4v) is 2.63. The molecule has 1 aromatic heterocycles. The van der Waals surface area contributed by atoms with Gasteiger partial charge in [-0.2, -0.15) is 0 Å². The topological polar surface area (TPSA) is 17.8 Å². The van der Waals surface area contributed by atoms with E-state index in [2.05, 4.69) is 16.5 Å². The van der Waals surface area contributed by atoms with E-state index in [4.69, 9.17) is 23.2 Å². The quantitative estimate of drug-likeness (QED) is 0.781. The first-order valence-corrected chi connectivity index (χ1v) is 6.82. The Kier molecular flexibility index (Phi) is 4.31. The number of hydrogen-bond acceptors (Lipinski definition) is 1. The molecule has 0 aliphatic carbocycles. The van der Waals surface area contributed by atoms with Crippen molar-refractivity contribution in [1.29, 1.82) is 0 Å². The van der Waals surface area contributed by atoms with Gasteiger partial charge < -0.3 is 4.57 Å². The van der Waals surface area contributed by atoms with Gasteiger partial charge in [-0.25, -0.2) is 4.98 Å². The maximum Gasteiger partial charge on any atom is 0.0951 e. The molecule has 0 saturated carbocycles. The number of halogens is 2. The molecule has 1 aromatic carbocycles. The lowest BCUT2D eigenvalue weighted by molar-refractivity contribution is 0.532. The van der Waals surface area contributed by atoms with Crippen molar-refractivity contribution in [1.82, 2.24) is 9.55 Å². The minimum absolute atomic E-state index is 0.223. The number of rotatable bonds is 4. The van der Waals surface area contributed by atoms with Gasteiger partial charge in [0, 0.05) is 17.4 Å². The maximum absolute atomic E-state index is 6.43. The third kappa shape index (κ3) is 2.55. The molecule has 4 heteroatoms. The highest BCUT2D eigenvalue weighted by Gasteiger charge is 2.17. The van der Waals surface area contributed by atoms with Crippen molar-refractivity contribution in [3.05, 3.63) is 52.0 Å². The Labute approximate surface area is 118 Å². The summed E-state index contributed by atoms with van der Waals surface area (Å²) in [6.07, 6.45) is 7.71. The van der Waals surface area contributed by atoms with Crippen LogP contribution in [-0.4, -0.2) is 9.55 Å². The van der Waals surface area contributed by atoms with Gasteiger partial charge in [-0.1, -0.05) is 42.6 Å². The number of hydrogen-bond donors (Lipinski definition) is 0. The predicted octanol–water partition coefficient (Wildman–Crippen LogP) is 4.89. The average Bonchev–Trinajstić information content (AvgIpc) is 2.88. The van der Waals surface area contributed by atoms with Crippen LogP contribution in [0.4, 0.5) is 0 Å². The van der Waals surface area contributed by atoms with E-state index in [1.54, 1.807) is 6.20 Å². The van der Waals surface area contributed by atoms with Crippen molar-refractivity contribution in [3.63, 3.8) is 0 Å². The molecule has 0 amide bonds. The van der Waals surface area contributed by atoms with E-state index in [1.807, 2.05) is 31.6 Å². The first-order valence-electron chi connectivity index (χ1n) is 6.07. The zero-order valence-electron chi connectivity index (χ0n) is 10.5. The van der Waals surface area contributed by atoms with E-state index >= 15 is 0 Å². The lowest BCUT2D eigenvalue weighted by atomic mass is 10.00. The van der Waals surface area contributed by atoms with Gasteiger partial charge in [-0.15, -0.1) is 0 Å². The first-order chi connectivity index (χ1) is 8.65. The van der Waals surface area contributed by atoms with Gasteiger partial charge in [0.25, 0.3) is 0 Å². The van der Waals surface area contributed by atoms with Gasteiger partial charge in [-0.3, -0.25) is 0 Å². The van der Waals surface area contributed by atoms with Crippen LogP contribution in [0.3, 0.4) is 0 Å². The molecule has 1 atom stereocenters. The molecule has 18 heavy (non-hydrogen) atoms. The molecule has 96 valence electrons. The number of benzene rings is 1. The van der Waals surface area contributed by atoms with Gasteiger partial charge in [0.05, 0.1) is 17.4 Å². The normalized spacial score (nSPS) is 12.7. The van der Waals surface area contributed by atoms with E-state index in [-0.39, 0.29) is 6.04 Å². The molecule has 0 aliphatic heterocycles. The van der Waals surface area contributed by atoms with Gasteiger partial charge in [0.2, 0.25) is 0 Å². The molecule has 0 N–H and O–H groups in total. The summed E-state index contributed by atoms with van der Waals surface area (Å²) in [6, 6.07) is 4.15. The van der Waals surface area contributed by atoms with Crippen molar-refractivity contribution in [2.45, 2.75) is 32.7 Å².